The SMILES string of the molecule is CC.CCC[C@H](C(=O)O)[C@H](Cc1ccc(NCCN2CCCCC2)cc1)c1nn[nH]n1. The number of aromatic amines is 1. The first-order valence-corrected chi connectivity index (χ1v) is 11.7. The molecule has 3 N–H and O–H groups in total. The van der Waals surface area contributed by atoms with E-state index in [2.05, 4.69) is 55.1 Å². The van der Waals surface area contributed by atoms with E-state index in [9.17, 15) is 9.90 Å². The van der Waals surface area contributed by atoms with E-state index in [4.69, 9.17) is 0 Å². The predicted octanol–water partition coefficient (Wildman–Crippen LogP) is 3.95. The van der Waals surface area contributed by atoms with Crippen LogP contribution >= 0.6 is 0 Å². The predicted molar refractivity (Wildman–Crippen MR) is 123 cm³/mol. The Labute approximate surface area is 185 Å². The molecule has 2 atom stereocenters. The van der Waals surface area contributed by atoms with Crippen molar-refractivity contribution in [3.63, 3.8) is 0 Å². The van der Waals surface area contributed by atoms with Gasteiger partial charge < -0.3 is 15.3 Å². The van der Waals surface area contributed by atoms with Crippen LogP contribution in [0.4, 0.5) is 5.69 Å². The van der Waals surface area contributed by atoms with E-state index in [0.717, 1.165) is 30.8 Å². The number of likely N-dealkylation sites (tertiary alicyclic amines) is 1. The van der Waals surface area contributed by atoms with E-state index >= 15 is 0 Å². The van der Waals surface area contributed by atoms with Crippen LogP contribution in [0.15, 0.2) is 24.3 Å². The number of benzene rings is 1. The summed E-state index contributed by atoms with van der Waals surface area (Å²) in [5.41, 5.74) is 2.16. The second-order valence-corrected chi connectivity index (χ2v) is 7.84. The fraction of sp³-hybridized carbons (Fsp3) is 0.652. The van der Waals surface area contributed by atoms with Gasteiger partial charge in [-0.05, 0) is 56.5 Å². The van der Waals surface area contributed by atoms with Crippen LogP contribution in [0.2, 0.25) is 0 Å². The second kappa shape index (κ2) is 13.7. The van der Waals surface area contributed by atoms with Crippen molar-refractivity contribution in [1.82, 2.24) is 25.5 Å². The number of H-pyrrole nitrogens is 1. The van der Waals surface area contributed by atoms with E-state index in [0.29, 0.717) is 18.7 Å². The molecule has 0 unspecified atom stereocenters. The maximum Gasteiger partial charge on any atom is 0.307 e. The Balaban J connectivity index is 0.00000166. The number of hydrogen-bond acceptors (Lipinski definition) is 6. The van der Waals surface area contributed by atoms with Gasteiger partial charge in [0, 0.05) is 24.7 Å². The number of aromatic nitrogens is 4. The minimum Gasteiger partial charge on any atom is -0.481 e. The molecule has 0 aliphatic carbocycles. The van der Waals surface area contributed by atoms with Crippen LogP contribution < -0.4 is 5.32 Å². The normalized spacial score (nSPS) is 16.1. The summed E-state index contributed by atoms with van der Waals surface area (Å²) in [5.74, 6) is -1.17. The molecular formula is C23H38N6O2. The van der Waals surface area contributed by atoms with Crippen LogP contribution in [0.3, 0.4) is 0 Å². The van der Waals surface area contributed by atoms with Gasteiger partial charge in [-0.1, -0.05) is 51.0 Å². The molecule has 1 aliphatic rings. The summed E-state index contributed by atoms with van der Waals surface area (Å²) in [6, 6.07) is 8.24. The molecule has 3 rings (SSSR count). The van der Waals surface area contributed by atoms with Crippen LogP contribution in [0.25, 0.3) is 0 Å². The lowest BCUT2D eigenvalue weighted by Crippen LogP contribution is -2.33. The zero-order valence-corrected chi connectivity index (χ0v) is 19.2. The number of carbonyl (C=O) groups is 1. The number of tetrazole rings is 1. The highest BCUT2D eigenvalue weighted by atomic mass is 16.4. The molecule has 0 bridgehead atoms. The summed E-state index contributed by atoms with van der Waals surface area (Å²) >= 11 is 0. The topological polar surface area (TPSA) is 107 Å². The number of carboxylic acid groups (broad SMARTS) is 1. The average molecular weight is 431 g/mol. The minimum atomic E-state index is -0.808. The van der Waals surface area contributed by atoms with Crippen molar-refractivity contribution < 1.29 is 9.90 Å². The van der Waals surface area contributed by atoms with E-state index < -0.39 is 11.9 Å². The summed E-state index contributed by atoms with van der Waals surface area (Å²) in [5, 5.41) is 27.4. The Hall–Kier alpha value is -2.48. The quantitative estimate of drug-likeness (QED) is 0.495. The molecule has 8 nitrogen and oxygen atoms in total. The molecule has 0 saturated carbocycles. The molecule has 1 aliphatic heterocycles. The van der Waals surface area contributed by atoms with E-state index in [1.807, 2.05) is 20.8 Å². The van der Waals surface area contributed by atoms with Crippen molar-refractivity contribution in [2.24, 2.45) is 5.92 Å². The lowest BCUT2D eigenvalue weighted by molar-refractivity contribution is -0.142. The lowest BCUT2D eigenvalue weighted by Gasteiger charge is -2.26. The van der Waals surface area contributed by atoms with E-state index in [1.54, 1.807) is 0 Å². The molecule has 0 radical (unpaired) electrons. The molecule has 31 heavy (non-hydrogen) atoms. The molecule has 2 heterocycles. The van der Waals surface area contributed by atoms with Gasteiger partial charge in [0.05, 0.1) is 5.92 Å². The molecule has 0 spiro atoms. The van der Waals surface area contributed by atoms with Gasteiger partial charge in [-0.25, -0.2) is 0 Å². The second-order valence-electron chi connectivity index (χ2n) is 7.84. The summed E-state index contributed by atoms with van der Waals surface area (Å²) < 4.78 is 0. The molecule has 1 aromatic heterocycles. The Bertz CT molecular complexity index is 729. The zero-order chi connectivity index (χ0) is 22.5. The standard InChI is InChI=1S/C21H32N6O2.C2H6/c1-2-6-18(21(28)29)19(20-23-25-26-24-20)15-16-7-9-17(10-8-16)22-11-14-27-12-4-3-5-13-27;1-2/h7-10,18-19,22H,2-6,11-15H2,1H3,(H,28,29)(H,23,24,25,26);1-2H3/t18-,19-;/m0./s1. The Morgan fingerprint density at radius 3 is 2.48 bits per heavy atom. The first kappa shape index (κ1) is 24.8. The first-order chi connectivity index (χ1) is 15.2. The van der Waals surface area contributed by atoms with Crippen LogP contribution in [-0.2, 0) is 11.2 Å². The summed E-state index contributed by atoms with van der Waals surface area (Å²) in [6.07, 6.45) is 5.94. The van der Waals surface area contributed by atoms with Gasteiger partial charge in [-0.3, -0.25) is 4.79 Å². The van der Waals surface area contributed by atoms with Crippen molar-refractivity contribution in [2.45, 2.75) is 65.2 Å². The zero-order valence-electron chi connectivity index (χ0n) is 19.2. The third-order valence-electron chi connectivity index (χ3n) is 5.71. The summed E-state index contributed by atoms with van der Waals surface area (Å²) in [7, 11) is 0. The van der Waals surface area contributed by atoms with E-state index in [-0.39, 0.29) is 5.92 Å². The Morgan fingerprint density at radius 2 is 1.90 bits per heavy atom. The molecule has 8 heteroatoms. The molecule has 1 fully saturated rings. The Morgan fingerprint density at radius 1 is 1.19 bits per heavy atom. The monoisotopic (exact) mass is 430 g/mol. The number of nitrogens with zero attached hydrogens (tertiary/aromatic N) is 4. The van der Waals surface area contributed by atoms with Gasteiger partial charge in [-0.15, -0.1) is 10.2 Å². The van der Waals surface area contributed by atoms with Gasteiger partial charge in [0.25, 0.3) is 0 Å². The van der Waals surface area contributed by atoms with Crippen molar-refractivity contribution in [3.05, 3.63) is 35.7 Å². The number of anilines is 1. The number of piperidine rings is 1. The van der Waals surface area contributed by atoms with Crippen molar-refractivity contribution in [2.75, 3.05) is 31.5 Å². The third-order valence-corrected chi connectivity index (χ3v) is 5.71. The minimum absolute atomic E-state index is 0.302. The molecule has 1 saturated heterocycles. The lowest BCUT2D eigenvalue weighted by atomic mass is 9.83. The van der Waals surface area contributed by atoms with Crippen molar-refractivity contribution in [1.29, 1.82) is 0 Å². The van der Waals surface area contributed by atoms with Crippen LogP contribution in [0, 0.1) is 5.92 Å². The van der Waals surface area contributed by atoms with E-state index in [1.165, 1.54) is 32.4 Å². The highest BCUT2D eigenvalue weighted by Crippen LogP contribution is 2.30. The van der Waals surface area contributed by atoms with Gasteiger partial charge >= 0.3 is 5.97 Å². The number of nitrogens with one attached hydrogen (secondary N) is 2. The maximum atomic E-state index is 11.8. The molecular weight excluding hydrogens is 392 g/mol. The Kier molecular flexibility index (Phi) is 11.0. The van der Waals surface area contributed by atoms with Crippen molar-refractivity contribution >= 4 is 11.7 Å². The average Bonchev–Trinajstić information content (AvgIpc) is 3.34. The number of carboxylic acids is 1. The van der Waals surface area contributed by atoms with Gasteiger partial charge in [0.15, 0.2) is 5.82 Å². The molecule has 172 valence electrons. The smallest absolute Gasteiger partial charge is 0.307 e. The summed E-state index contributed by atoms with van der Waals surface area (Å²) in [6.45, 7) is 10.4. The van der Waals surface area contributed by atoms with Crippen LogP contribution in [0.1, 0.15) is 70.2 Å². The summed E-state index contributed by atoms with van der Waals surface area (Å²) in [4.78, 5) is 14.3. The highest BCUT2D eigenvalue weighted by Gasteiger charge is 2.31. The first-order valence-electron chi connectivity index (χ1n) is 11.7. The number of aliphatic carboxylic acids is 1. The molecule has 2 aromatic rings. The number of rotatable bonds is 11. The van der Waals surface area contributed by atoms with Gasteiger partial charge in [-0.2, -0.15) is 5.21 Å². The highest BCUT2D eigenvalue weighted by molar-refractivity contribution is 5.71. The number of hydrogen-bond donors (Lipinski definition) is 3. The fourth-order valence-electron chi connectivity index (χ4n) is 4.10. The van der Waals surface area contributed by atoms with Gasteiger partial charge in [0.1, 0.15) is 0 Å². The van der Waals surface area contributed by atoms with Crippen LogP contribution in [0.5, 0.6) is 0 Å². The molecule has 1 aromatic carbocycles. The van der Waals surface area contributed by atoms with Crippen molar-refractivity contribution in [3.8, 4) is 0 Å². The molecule has 0 amide bonds. The van der Waals surface area contributed by atoms with Gasteiger partial charge in [0.2, 0.25) is 0 Å². The van der Waals surface area contributed by atoms with Crippen LogP contribution in [-0.4, -0.2) is 62.8 Å². The third kappa shape index (κ3) is 7.94. The maximum absolute atomic E-state index is 11.8. The largest absolute Gasteiger partial charge is 0.481 e. The fourth-order valence-corrected chi connectivity index (χ4v) is 4.10.